The molecule has 3 rings (SSSR count). The van der Waals surface area contributed by atoms with Crippen molar-refractivity contribution in [1.29, 1.82) is 5.26 Å². The van der Waals surface area contributed by atoms with E-state index < -0.39 is 29.9 Å². The molecule has 2 aromatic rings. The van der Waals surface area contributed by atoms with Crippen LogP contribution in [0, 0.1) is 11.3 Å². The zero-order valence-electron chi connectivity index (χ0n) is 18.8. The lowest BCUT2D eigenvalue weighted by molar-refractivity contribution is -0.192. The molecule has 3 N–H and O–H groups in total. The van der Waals surface area contributed by atoms with Crippen molar-refractivity contribution in [3.8, 4) is 17.2 Å². The monoisotopic (exact) mass is 515 g/mol. The van der Waals surface area contributed by atoms with Crippen LogP contribution in [0.15, 0.2) is 48.5 Å². The first-order valence-corrected chi connectivity index (χ1v) is 10.8. The van der Waals surface area contributed by atoms with Gasteiger partial charge in [-0.05, 0) is 48.2 Å². The van der Waals surface area contributed by atoms with E-state index in [-0.39, 0.29) is 11.9 Å². The van der Waals surface area contributed by atoms with E-state index in [1.807, 2.05) is 12.1 Å². The number of carbonyl (C=O) groups excluding carboxylic acids is 1. The lowest BCUT2D eigenvalue weighted by Gasteiger charge is -2.23. The molecular formula is C24H23F6N3O3. The van der Waals surface area contributed by atoms with Crippen LogP contribution in [0.5, 0.6) is 0 Å². The van der Waals surface area contributed by atoms with Crippen LogP contribution in [0.1, 0.15) is 30.4 Å². The normalized spacial score (nSPS) is 16.6. The Morgan fingerprint density at radius 3 is 1.94 bits per heavy atom. The second-order valence-corrected chi connectivity index (χ2v) is 7.97. The third kappa shape index (κ3) is 8.88. The van der Waals surface area contributed by atoms with E-state index in [1.54, 1.807) is 12.1 Å². The van der Waals surface area contributed by atoms with Gasteiger partial charge in [-0.2, -0.15) is 31.6 Å². The van der Waals surface area contributed by atoms with Crippen LogP contribution >= 0.6 is 0 Å². The number of halogens is 6. The molecule has 1 amide bonds. The number of hydrogen-bond acceptors (Lipinski definition) is 4. The number of aliphatic carboxylic acids is 1. The Balaban J connectivity index is 0.000000572. The average Bonchev–Trinajstić information content (AvgIpc) is 2.84. The van der Waals surface area contributed by atoms with Crippen LogP contribution in [-0.4, -0.2) is 41.8 Å². The van der Waals surface area contributed by atoms with Gasteiger partial charge in [-0.1, -0.05) is 42.8 Å². The minimum Gasteiger partial charge on any atom is -0.475 e. The number of benzene rings is 2. The van der Waals surface area contributed by atoms with E-state index >= 15 is 0 Å². The lowest BCUT2D eigenvalue weighted by atomic mass is 9.99. The molecule has 0 spiro atoms. The van der Waals surface area contributed by atoms with Gasteiger partial charge < -0.3 is 15.7 Å². The lowest BCUT2D eigenvalue weighted by Crippen LogP contribution is -2.49. The third-order valence-electron chi connectivity index (χ3n) is 5.28. The Hall–Kier alpha value is -3.59. The molecule has 1 aliphatic heterocycles. The second kappa shape index (κ2) is 12.4. The highest BCUT2D eigenvalue weighted by Crippen LogP contribution is 2.31. The van der Waals surface area contributed by atoms with Crippen molar-refractivity contribution in [3.63, 3.8) is 0 Å². The summed E-state index contributed by atoms with van der Waals surface area (Å²) in [7, 11) is 0. The van der Waals surface area contributed by atoms with Crippen molar-refractivity contribution in [2.75, 3.05) is 6.54 Å². The molecule has 0 aromatic heterocycles. The van der Waals surface area contributed by atoms with Gasteiger partial charge in [0.05, 0.1) is 17.7 Å². The molecule has 1 saturated heterocycles. The van der Waals surface area contributed by atoms with Crippen molar-refractivity contribution in [3.05, 3.63) is 59.7 Å². The van der Waals surface area contributed by atoms with Crippen LogP contribution in [0.4, 0.5) is 26.3 Å². The smallest absolute Gasteiger partial charge is 0.475 e. The molecule has 12 heteroatoms. The van der Waals surface area contributed by atoms with Gasteiger partial charge in [0.2, 0.25) is 5.91 Å². The number of nitrogens with zero attached hydrogens (tertiary/aromatic N) is 1. The SMILES string of the molecule is N#C[C@H](Cc1ccc(-c2ccc(C(F)(F)F)cc2)cc1)NC(=O)[C@@H]1CCCCN1.O=C(O)C(F)(F)F. The number of hydrogen-bond donors (Lipinski definition) is 3. The maximum Gasteiger partial charge on any atom is 0.490 e. The number of piperidine rings is 1. The van der Waals surface area contributed by atoms with Crippen molar-refractivity contribution < 1.29 is 41.0 Å². The quantitative estimate of drug-likeness (QED) is 0.501. The predicted octanol–water partition coefficient (Wildman–Crippen LogP) is 4.70. The summed E-state index contributed by atoms with van der Waals surface area (Å²) in [5.41, 5.74) is 1.64. The summed E-state index contributed by atoms with van der Waals surface area (Å²) in [5.74, 6) is -2.91. The largest absolute Gasteiger partial charge is 0.490 e. The Morgan fingerprint density at radius 1 is 1.00 bits per heavy atom. The van der Waals surface area contributed by atoms with E-state index in [4.69, 9.17) is 9.90 Å². The van der Waals surface area contributed by atoms with Gasteiger partial charge >= 0.3 is 18.3 Å². The van der Waals surface area contributed by atoms with E-state index in [0.29, 0.717) is 12.0 Å². The number of alkyl halides is 6. The molecule has 2 atom stereocenters. The molecule has 0 bridgehead atoms. The van der Waals surface area contributed by atoms with Crippen LogP contribution in [0.3, 0.4) is 0 Å². The number of nitrogens with one attached hydrogen (secondary N) is 2. The fraction of sp³-hybridized carbons (Fsp3) is 0.375. The van der Waals surface area contributed by atoms with Gasteiger partial charge in [-0.3, -0.25) is 4.79 Å². The highest BCUT2D eigenvalue weighted by atomic mass is 19.4. The first-order chi connectivity index (χ1) is 16.8. The summed E-state index contributed by atoms with van der Waals surface area (Å²) < 4.78 is 69.8. The summed E-state index contributed by atoms with van der Waals surface area (Å²) in [5, 5.41) is 22.4. The number of nitriles is 1. The van der Waals surface area contributed by atoms with Crippen molar-refractivity contribution >= 4 is 11.9 Å². The number of rotatable bonds is 5. The number of carbonyl (C=O) groups is 2. The minimum absolute atomic E-state index is 0.155. The van der Waals surface area contributed by atoms with Gasteiger partial charge in [0.15, 0.2) is 0 Å². The summed E-state index contributed by atoms with van der Waals surface area (Å²) in [6.07, 6.45) is -6.26. The number of carboxylic acids is 1. The Labute approximate surface area is 202 Å². The molecule has 36 heavy (non-hydrogen) atoms. The maximum absolute atomic E-state index is 12.7. The van der Waals surface area contributed by atoms with Crippen LogP contribution in [0.25, 0.3) is 11.1 Å². The van der Waals surface area contributed by atoms with Gasteiger partial charge in [-0.15, -0.1) is 0 Å². The zero-order chi connectivity index (χ0) is 26.9. The number of carboxylic acid groups (broad SMARTS) is 1. The molecule has 0 radical (unpaired) electrons. The first kappa shape index (κ1) is 28.6. The predicted molar refractivity (Wildman–Crippen MR) is 117 cm³/mol. The van der Waals surface area contributed by atoms with Crippen LogP contribution in [-0.2, 0) is 22.2 Å². The third-order valence-corrected chi connectivity index (χ3v) is 5.28. The van der Waals surface area contributed by atoms with Crippen molar-refractivity contribution in [1.82, 2.24) is 10.6 Å². The molecule has 1 heterocycles. The molecule has 0 saturated carbocycles. The van der Waals surface area contributed by atoms with Crippen LogP contribution in [0.2, 0.25) is 0 Å². The van der Waals surface area contributed by atoms with E-state index in [2.05, 4.69) is 16.7 Å². The fourth-order valence-corrected chi connectivity index (χ4v) is 3.40. The Morgan fingerprint density at radius 2 is 1.53 bits per heavy atom. The highest BCUT2D eigenvalue weighted by Gasteiger charge is 2.38. The molecule has 1 fully saturated rings. The Kier molecular flexibility index (Phi) is 9.86. The van der Waals surface area contributed by atoms with E-state index in [1.165, 1.54) is 12.1 Å². The van der Waals surface area contributed by atoms with Gasteiger partial charge in [0.25, 0.3) is 0 Å². The van der Waals surface area contributed by atoms with Crippen molar-refractivity contribution in [2.45, 2.75) is 50.1 Å². The molecule has 0 unspecified atom stereocenters. The van der Waals surface area contributed by atoms with Gasteiger partial charge in [0.1, 0.15) is 6.04 Å². The standard InChI is InChI=1S/C22H22F3N3O.C2HF3O2/c23-22(24,25)18-10-8-17(9-11-18)16-6-4-15(5-7-16)13-19(14-26)28-21(29)20-3-1-2-12-27-20;3-2(4,5)1(6)7/h4-11,19-20,27H,1-3,12-13H2,(H,28,29);(H,6,7)/t19-,20-;/m0./s1. The minimum atomic E-state index is -5.08. The van der Waals surface area contributed by atoms with E-state index in [0.717, 1.165) is 49.1 Å². The summed E-state index contributed by atoms with van der Waals surface area (Å²) in [6, 6.07) is 13.5. The van der Waals surface area contributed by atoms with Crippen LogP contribution < -0.4 is 10.6 Å². The summed E-state index contributed by atoms with van der Waals surface area (Å²) in [6.45, 7) is 0.806. The van der Waals surface area contributed by atoms with Gasteiger partial charge in [0, 0.05) is 6.42 Å². The number of amides is 1. The second-order valence-electron chi connectivity index (χ2n) is 7.97. The molecule has 0 aliphatic carbocycles. The van der Waals surface area contributed by atoms with Gasteiger partial charge in [-0.25, -0.2) is 4.79 Å². The highest BCUT2D eigenvalue weighted by molar-refractivity contribution is 5.82. The average molecular weight is 515 g/mol. The molecule has 6 nitrogen and oxygen atoms in total. The first-order valence-electron chi connectivity index (χ1n) is 10.8. The topological polar surface area (TPSA) is 102 Å². The maximum atomic E-state index is 12.7. The summed E-state index contributed by atoms with van der Waals surface area (Å²) >= 11 is 0. The van der Waals surface area contributed by atoms with Crippen molar-refractivity contribution in [2.24, 2.45) is 0 Å². The molecule has 194 valence electrons. The van der Waals surface area contributed by atoms with E-state index in [9.17, 15) is 36.4 Å². The summed E-state index contributed by atoms with van der Waals surface area (Å²) in [4.78, 5) is 21.2. The molecule has 1 aliphatic rings. The fourth-order valence-electron chi connectivity index (χ4n) is 3.40. The zero-order valence-corrected chi connectivity index (χ0v) is 18.8. The Bertz CT molecular complexity index is 1050. The molecule has 2 aromatic carbocycles. The molecular weight excluding hydrogens is 492 g/mol.